The van der Waals surface area contributed by atoms with Crippen LogP contribution in [0.4, 0.5) is 0 Å². The number of H-pyrrole nitrogens is 1. The lowest BCUT2D eigenvalue weighted by molar-refractivity contribution is -0.132. The molecule has 0 radical (unpaired) electrons. The van der Waals surface area contributed by atoms with E-state index >= 15 is 0 Å². The monoisotopic (exact) mass is 355 g/mol. The van der Waals surface area contributed by atoms with Gasteiger partial charge in [0.1, 0.15) is 5.69 Å². The van der Waals surface area contributed by atoms with Crippen molar-refractivity contribution in [1.29, 1.82) is 0 Å². The molecule has 0 aromatic carbocycles. The number of hydrogen-bond acceptors (Lipinski definition) is 3. The Labute approximate surface area is 153 Å². The number of nitrogens with zero attached hydrogens (tertiary/aromatic N) is 4. The Bertz CT molecular complexity index is 802. The van der Waals surface area contributed by atoms with Crippen LogP contribution >= 0.6 is 0 Å². The highest BCUT2D eigenvalue weighted by Crippen LogP contribution is 2.48. The molecule has 4 rings (SSSR count). The van der Waals surface area contributed by atoms with Gasteiger partial charge in [-0.2, -0.15) is 5.10 Å². The summed E-state index contributed by atoms with van der Waals surface area (Å²) >= 11 is 0. The van der Waals surface area contributed by atoms with Crippen molar-refractivity contribution < 1.29 is 9.59 Å². The van der Waals surface area contributed by atoms with E-state index in [0.29, 0.717) is 31.7 Å². The first-order valence-electron chi connectivity index (χ1n) is 9.27. The van der Waals surface area contributed by atoms with Gasteiger partial charge in [-0.1, -0.05) is 0 Å². The minimum Gasteiger partial charge on any atom is -0.357 e. The highest BCUT2D eigenvalue weighted by molar-refractivity contribution is 5.92. The van der Waals surface area contributed by atoms with Crippen LogP contribution < -0.4 is 0 Å². The van der Waals surface area contributed by atoms with E-state index in [9.17, 15) is 9.59 Å². The number of likely N-dealkylation sites (tertiary alicyclic amines) is 2. The SMILES string of the molecule is CCN1C(=O)C[C@@H](c2cnn(C)c2)C12CCN(C(=O)c1ccc[nH]1)CC2. The van der Waals surface area contributed by atoms with Crippen molar-refractivity contribution >= 4 is 11.8 Å². The molecule has 138 valence electrons. The standard InChI is InChI=1S/C19H25N5O2/c1-3-24-17(25)11-15(14-12-21-22(2)13-14)19(24)6-9-23(10-7-19)18(26)16-5-4-8-20-16/h4-5,8,12-13,15,20H,3,6-7,9-11H2,1-2H3/t15-/m0/s1. The third kappa shape index (κ3) is 2.53. The minimum absolute atomic E-state index is 0.0372. The molecule has 0 aliphatic carbocycles. The Balaban J connectivity index is 1.59. The van der Waals surface area contributed by atoms with Gasteiger partial charge in [0.2, 0.25) is 5.91 Å². The first-order valence-corrected chi connectivity index (χ1v) is 9.27. The van der Waals surface area contributed by atoms with E-state index in [1.807, 2.05) is 48.3 Å². The van der Waals surface area contributed by atoms with Gasteiger partial charge in [0.05, 0.1) is 11.7 Å². The summed E-state index contributed by atoms with van der Waals surface area (Å²) in [5.74, 6) is 0.395. The molecule has 2 aliphatic heterocycles. The zero-order valence-electron chi connectivity index (χ0n) is 15.3. The van der Waals surface area contributed by atoms with Crippen molar-refractivity contribution in [3.8, 4) is 0 Å². The maximum Gasteiger partial charge on any atom is 0.270 e. The van der Waals surface area contributed by atoms with Gasteiger partial charge >= 0.3 is 0 Å². The highest BCUT2D eigenvalue weighted by Gasteiger charge is 2.54. The fourth-order valence-electron chi connectivity index (χ4n) is 4.80. The van der Waals surface area contributed by atoms with Crippen LogP contribution in [0.1, 0.15) is 48.2 Å². The Morgan fingerprint density at radius 2 is 2.15 bits per heavy atom. The number of aromatic amines is 1. The number of aromatic nitrogens is 3. The summed E-state index contributed by atoms with van der Waals surface area (Å²) in [4.78, 5) is 32.3. The Morgan fingerprint density at radius 3 is 2.73 bits per heavy atom. The molecule has 2 amide bonds. The number of carbonyl (C=O) groups is 2. The Morgan fingerprint density at radius 1 is 1.38 bits per heavy atom. The predicted molar refractivity (Wildman–Crippen MR) is 96.6 cm³/mol. The molecule has 2 saturated heterocycles. The van der Waals surface area contributed by atoms with Gasteiger partial charge in [0, 0.05) is 51.4 Å². The molecule has 1 spiro atoms. The van der Waals surface area contributed by atoms with E-state index < -0.39 is 0 Å². The van der Waals surface area contributed by atoms with Gasteiger partial charge in [-0.15, -0.1) is 0 Å². The molecule has 0 unspecified atom stereocenters. The van der Waals surface area contributed by atoms with Crippen LogP contribution in [0.3, 0.4) is 0 Å². The smallest absolute Gasteiger partial charge is 0.270 e. The summed E-state index contributed by atoms with van der Waals surface area (Å²) in [5.41, 5.74) is 1.54. The second-order valence-electron chi connectivity index (χ2n) is 7.32. The number of piperidine rings is 1. The highest BCUT2D eigenvalue weighted by atomic mass is 16.2. The first kappa shape index (κ1) is 16.9. The van der Waals surface area contributed by atoms with E-state index in [1.54, 1.807) is 10.9 Å². The Kier molecular flexibility index (Phi) is 4.09. The summed E-state index contributed by atoms with van der Waals surface area (Å²) in [6.45, 7) is 4.08. The normalized spacial score (nSPS) is 22.4. The number of nitrogens with one attached hydrogen (secondary N) is 1. The van der Waals surface area contributed by atoms with E-state index in [-0.39, 0.29) is 23.3 Å². The summed E-state index contributed by atoms with van der Waals surface area (Å²) in [6, 6.07) is 3.65. The van der Waals surface area contributed by atoms with Crippen LogP contribution in [0.15, 0.2) is 30.7 Å². The lowest BCUT2D eigenvalue weighted by Crippen LogP contribution is -2.56. The number of aryl methyl sites for hydroxylation is 1. The molecule has 1 N–H and O–H groups in total. The summed E-state index contributed by atoms with van der Waals surface area (Å²) in [6.07, 6.45) is 7.82. The third-order valence-corrected chi connectivity index (χ3v) is 6.05. The maximum atomic E-state index is 12.7. The number of hydrogen-bond donors (Lipinski definition) is 1. The van der Waals surface area contributed by atoms with Gasteiger partial charge in [-0.25, -0.2) is 0 Å². The van der Waals surface area contributed by atoms with Crippen LogP contribution in [-0.2, 0) is 11.8 Å². The largest absolute Gasteiger partial charge is 0.357 e. The summed E-state index contributed by atoms with van der Waals surface area (Å²) in [7, 11) is 1.90. The molecule has 7 heteroatoms. The molecule has 0 saturated carbocycles. The van der Waals surface area contributed by atoms with E-state index in [2.05, 4.69) is 10.1 Å². The number of carbonyl (C=O) groups excluding carboxylic acids is 2. The zero-order valence-corrected chi connectivity index (χ0v) is 15.3. The fourth-order valence-corrected chi connectivity index (χ4v) is 4.80. The molecule has 26 heavy (non-hydrogen) atoms. The maximum absolute atomic E-state index is 12.7. The van der Waals surface area contributed by atoms with Crippen LogP contribution in [0, 0.1) is 0 Å². The molecule has 2 aromatic rings. The predicted octanol–water partition coefficient (Wildman–Crippen LogP) is 1.76. The van der Waals surface area contributed by atoms with Gasteiger partial charge in [0.25, 0.3) is 5.91 Å². The van der Waals surface area contributed by atoms with Crippen molar-refractivity contribution in [2.75, 3.05) is 19.6 Å². The molecule has 2 aliphatic rings. The topological polar surface area (TPSA) is 74.2 Å². The van der Waals surface area contributed by atoms with E-state index in [4.69, 9.17) is 0 Å². The summed E-state index contributed by atoms with van der Waals surface area (Å²) < 4.78 is 1.80. The first-order chi connectivity index (χ1) is 12.5. The molecule has 4 heterocycles. The van der Waals surface area contributed by atoms with Crippen LogP contribution in [0.5, 0.6) is 0 Å². The molecule has 0 bridgehead atoms. The molecule has 7 nitrogen and oxygen atoms in total. The lowest BCUT2D eigenvalue weighted by atomic mass is 9.74. The van der Waals surface area contributed by atoms with Crippen molar-refractivity contribution in [2.45, 2.75) is 37.6 Å². The van der Waals surface area contributed by atoms with Crippen molar-refractivity contribution in [3.63, 3.8) is 0 Å². The number of amides is 2. The molecule has 1 atom stereocenters. The number of likely N-dealkylation sites (N-methyl/N-ethyl adjacent to an activating group) is 1. The molecular weight excluding hydrogens is 330 g/mol. The summed E-state index contributed by atoms with van der Waals surface area (Å²) in [5, 5.41) is 4.31. The minimum atomic E-state index is -0.207. The van der Waals surface area contributed by atoms with Gasteiger partial charge in [0.15, 0.2) is 0 Å². The average Bonchev–Trinajstić information content (AvgIpc) is 3.36. The fraction of sp³-hybridized carbons (Fsp3) is 0.526. The lowest BCUT2D eigenvalue weighted by Gasteiger charge is -2.47. The second-order valence-corrected chi connectivity index (χ2v) is 7.32. The van der Waals surface area contributed by atoms with Gasteiger partial charge < -0.3 is 14.8 Å². The van der Waals surface area contributed by atoms with Crippen LogP contribution in [0.25, 0.3) is 0 Å². The van der Waals surface area contributed by atoms with Crippen LogP contribution in [0.2, 0.25) is 0 Å². The number of rotatable bonds is 3. The van der Waals surface area contributed by atoms with Crippen LogP contribution in [-0.4, -0.2) is 61.6 Å². The molecule has 2 fully saturated rings. The average molecular weight is 355 g/mol. The third-order valence-electron chi connectivity index (χ3n) is 6.05. The quantitative estimate of drug-likeness (QED) is 0.912. The van der Waals surface area contributed by atoms with Crippen molar-refractivity contribution in [1.82, 2.24) is 24.6 Å². The second kappa shape index (κ2) is 6.30. The van der Waals surface area contributed by atoms with E-state index in [1.165, 1.54) is 0 Å². The van der Waals surface area contributed by atoms with Crippen molar-refractivity contribution in [2.24, 2.45) is 7.05 Å². The zero-order chi connectivity index (χ0) is 18.3. The molecular formula is C19H25N5O2. The van der Waals surface area contributed by atoms with E-state index in [0.717, 1.165) is 18.4 Å². The van der Waals surface area contributed by atoms with Gasteiger partial charge in [-0.3, -0.25) is 14.3 Å². The van der Waals surface area contributed by atoms with Crippen molar-refractivity contribution in [3.05, 3.63) is 42.0 Å². The Hall–Kier alpha value is -2.57. The van der Waals surface area contributed by atoms with Gasteiger partial charge in [-0.05, 0) is 37.5 Å². The molecule has 2 aromatic heterocycles.